The van der Waals surface area contributed by atoms with Gasteiger partial charge in [-0.05, 0) is 54.1 Å². The van der Waals surface area contributed by atoms with Crippen LogP contribution in [0.1, 0.15) is 21.6 Å². The molecule has 138 valence electrons. The van der Waals surface area contributed by atoms with Gasteiger partial charge in [-0.2, -0.15) is 0 Å². The number of anilines is 1. The van der Waals surface area contributed by atoms with Gasteiger partial charge < -0.3 is 5.32 Å². The summed E-state index contributed by atoms with van der Waals surface area (Å²) in [5.41, 5.74) is 5.52. The van der Waals surface area contributed by atoms with Crippen molar-refractivity contribution in [2.75, 3.05) is 5.32 Å². The summed E-state index contributed by atoms with van der Waals surface area (Å²) in [4.78, 5) is 17.4. The number of carbonyl (C=O) groups is 1. The van der Waals surface area contributed by atoms with Crippen molar-refractivity contribution in [2.24, 2.45) is 0 Å². The fraction of sp³-hybridized carbons (Fsp3) is 0.0952. The topological polar surface area (TPSA) is 85.6 Å². The zero-order valence-electron chi connectivity index (χ0n) is 15.5. The number of hydrogen-bond donors (Lipinski definition) is 1. The van der Waals surface area contributed by atoms with Crippen molar-refractivity contribution >= 4 is 11.6 Å². The van der Waals surface area contributed by atoms with Gasteiger partial charge in [-0.3, -0.25) is 9.78 Å². The van der Waals surface area contributed by atoms with Gasteiger partial charge in [0.1, 0.15) is 6.33 Å². The third kappa shape index (κ3) is 3.50. The molecule has 0 aliphatic heterocycles. The van der Waals surface area contributed by atoms with Gasteiger partial charge in [0.25, 0.3) is 5.91 Å². The van der Waals surface area contributed by atoms with E-state index in [0.29, 0.717) is 16.9 Å². The van der Waals surface area contributed by atoms with Gasteiger partial charge in [0.15, 0.2) is 0 Å². The molecule has 0 bridgehead atoms. The highest BCUT2D eigenvalue weighted by Gasteiger charge is 2.13. The molecule has 2 aromatic carbocycles. The maximum absolute atomic E-state index is 12.8. The van der Waals surface area contributed by atoms with E-state index in [9.17, 15) is 4.79 Å². The van der Waals surface area contributed by atoms with E-state index in [4.69, 9.17) is 0 Å². The number of pyridine rings is 1. The summed E-state index contributed by atoms with van der Waals surface area (Å²) in [6, 6.07) is 19.1. The lowest BCUT2D eigenvalue weighted by Crippen LogP contribution is -2.14. The fourth-order valence-corrected chi connectivity index (χ4v) is 2.97. The lowest BCUT2D eigenvalue weighted by molar-refractivity contribution is 0.102. The molecule has 7 nitrogen and oxygen atoms in total. The third-order valence-electron chi connectivity index (χ3n) is 4.46. The van der Waals surface area contributed by atoms with E-state index >= 15 is 0 Å². The summed E-state index contributed by atoms with van der Waals surface area (Å²) in [5.74, 6) is -0.212. The first-order valence-corrected chi connectivity index (χ1v) is 8.80. The van der Waals surface area contributed by atoms with Gasteiger partial charge >= 0.3 is 0 Å². The maximum atomic E-state index is 12.8. The van der Waals surface area contributed by atoms with Crippen molar-refractivity contribution in [3.63, 3.8) is 0 Å². The summed E-state index contributed by atoms with van der Waals surface area (Å²) in [6.07, 6.45) is 1.52. The van der Waals surface area contributed by atoms with Crippen LogP contribution in [0.5, 0.6) is 0 Å². The van der Waals surface area contributed by atoms with Gasteiger partial charge in [-0.1, -0.05) is 36.4 Å². The number of nitrogens with zero attached hydrogens (tertiary/aromatic N) is 5. The van der Waals surface area contributed by atoms with Crippen molar-refractivity contribution in [2.45, 2.75) is 13.8 Å². The standard InChI is InChI=1S/C21H18N6O/c1-14-8-9-17(12-20(14)27-13-22-25-26-27)24-21(28)18-10-11-19(23-15(18)2)16-6-4-3-5-7-16/h3-13H,1-2H3,(H,24,28). The lowest BCUT2D eigenvalue weighted by Gasteiger charge is -2.11. The van der Waals surface area contributed by atoms with E-state index in [1.54, 1.807) is 10.7 Å². The highest BCUT2D eigenvalue weighted by molar-refractivity contribution is 6.05. The molecular weight excluding hydrogens is 352 g/mol. The van der Waals surface area contributed by atoms with E-state index in [-0.39, 0.29) is 5.91 Å². The Kier molecular flexibility index (Phi) is 4.63. The minimum Gasteiger partial charge on any atom is -0.322 e. The number of carbonyl (C=O) groups excluding carboxylic acids is 1. The van der Waals surface area contributed by atoms with Crippen molar-refractivity contribution in [1.82, 2.24) is 25.2 Å². The molecule has 28 heavy (non-hydrogen) atoms. The second-order valence-electron chi connectivity index (χ2n) is 6.41. The van der Waals surface area contributed by atoms with E-state index in [1.807, 2.05) is 68.4 Å². The number of nitrogens with one attached hydrogen (secondary N) is 1. The molecule has 1 amide bonds. The zero-order valence-corrected chi connectivity index (χ0v) is 15.5. The van der Waals surface area contributed by atoms with Crippen LogP contribution in [0, 0.1) is 13.8 Å². The summed E-state index contributed by atoms with van der Waals surface area (Å²) in [7, 11) is 0. The first-order chi connectivity index (χ1) is 13.6. The highest BCUT2D eigenvalue weighted by atomic mass is 16.1. The van der Waals surface area contributed by atoms with E-state index < -0.39 is 0 Å². The largest absolute Gasteiger partial charge is 0.322 e. The smallest absolute Gasteiger partial charge is 0.257 e. The summed E-state index contributed by atoms with van der Waals surface area (Å²) in [6.45, 7) is 3.79. The van der Waals surface area contributed by atoms with Crippen molar-refractivity contribution in [3.8, 4) is 16.9 Å². The maximum Gasteiger partial charge on any atom is 0.257 e. The summed E-state index contributed by atoms with van der Waals surface area (Å²) < 4.78 is 1.56. The Morgan fingerprint density at radius 2 is 1.82 bits per heavy atom. The van der Waals surface area contributed by atoms with Gasteiger partial charge in [0, 0.05) is 11.3 Å². The fourth-order valence-electron chi connectivity index (χ4n) is 2.97. The minimum absolute atomic E-state index is 0.212. The first-order valence-electron chi connectivity index (χ1n) is 8.80. The molecule has 0 unspecified atom stereocenters. The first kappa shape index (κ1) is 17.5. The summed E-state index contributed by atoms with van der Waals surface area (Å²) in [5, 5.41) is 14.2. The Morgan fingerprint density at radius 1 is 1.00 bits per heavy atom. The Balaban J connectivity index is 1.58. The third-order valence-corrected chi connectivity index (χ3v) is 4.46. The van der Waals surface area contributed by atoms with Gasteiger partial charge in [0.05, 0.1) is 22.6 Å². The average Bonchev–Trinajstić information content (AvgIpc) is 3.24. The second-order valence-corrected chi connectivity index (χ2v) is 6.41. The number of benzene rings is 2. The van der Waals surface area contributed by atoms with Crippen LogP contribution in [-0.4, -0.2) is 31.1 Å². The Hall–Kier alpha value is -3.87. The Labute approximate surface area is 162 Å². The molecule has 0 aliphatic rings. The molecule has 0 spiro atoms. The number of aromatic nitrogens is 5. The van der Waals surface area contributed by atoms with Crippen LogP contribution in [0.15, 0.2) is 67.0 Å². The molecule has 0 saturated heterocycles. The number of amides is 1. The number of rotatable bonds is 4. The zero-order chi connectivity index (χ0) is 19.5. The molecule has 4 aromatic rings. The van der Waals surface area contributed by atoms with Crippen LogP contribution in [0.25, 0.3) is 16.9 Å². The molecule has 0 atom stereocenters. The molecule has 2 heterocycles. The van der Waals surface area contributed by atoms with Crippen LogP contribution < -0.4 is 5.32 Å². The lowest BCUT2D eigenvalue weighted by atomic mass is 10.1. The van der Waals surface area contributed by atoms with E-state index in [0.717, 1.165) is 22.5 Å². The molecule has 0 fully saturated rings. The molecule has 0 aliphatic carbocycles. The van der Waals surface area contributed by atoms with Crippen molar-refractivity contribution in [1.29, 1.82) is 0 Å². The molecule has 7 heteroatoms. The normalized spacial score (nSPS) is 10.6. The SMILES string of the molecule is Cc1ccc(NC(=O)c2ccc(-c3ccccc3)nc2C)cc1-n1cnnn1. The molecule has 0 radical (unpaired) electrons. The average molecular weight is 370 g/mol. The van der Waals surface area contributed by atoms with Crippen LogP contribution in [0.4, 0.5) is 5.69 Å². The van der Waals surface area contributed by atoms with Crippen LogP contribution in [0.2, 0.25) is 0 Å². The molecular formula is C21H18N6O. The van der Waals surface area contributed by atoms with Crippen molar-refractivity contribution < 1.29 is 4.79 Å². The Bertz CT molecular complexity index is 1120. The van der Waals surface area contributed by atoms with Gasteiger partial charge in [-0.15, -0.1) is 5.10 Å². The molecule has 2 aromatic heterocycles. The highest BCUT2D eigenvalue weighted by Crippen LogP contribution is 2.21. The van der Waals surface area contributed by atoms with Crippen LogP contribution in [-0.2, 0) is 0 Å². The quantitative estimate of drug-likeness (QED) is 0.593. The Morgan fingerprint density at radius 3 is 2.54 bits per heavy atom. The second kappa shape index (κ2) is 7.40. The van der Waals surface area contributed by atoms with E-state index in [2.05, 4.69) is 25.8 Å². The monoisotopic (exact) mass is 370 g/mol. The van der Waals surface area contributed by atoms with Gasteiger partial charge in [-0.25, -0.2) is 4.68 Å². The molecule has 1 N–H and O–H groups in total. The molecule has 4 rings (SSSR count). The van der Waals surface area contributed by atoms with Crippen molar-refractivity contribution in [3.05, 3.63) is 83.8 Å². The molecule has 0 saturated carbocycles. The predicted molar refractivity (Wildman–Crippen MR) is 106 cm³/mol. The van der Waals surface area contributed by atoms with E-state index in [1.165, 1.54) is 6.33 Å². The predicted octanol–water partition coefficient (Wildman–Crippen LogP) is 3.59. The minimum atomic E-state index is -0.212. The van der Waals surface area contributed by atoms with Crippen LogP contribution >= 0.6 is 0 Å². The number of hydrogen-bond acceptors (Lipinski definition) is 5. The number of tetrazole rings is 1. The summed E-state index contributed by atoms with van der Waals surface area (Å²) >= 11 is 0. The number of aryl methyl sites for hydroxylation is 2. The van der Waals surface area contributed by atoms with Gasteiger partial charge in [0.2, 0.25) is 0 Å². The van der Waals surface area contributed by atoms with Crippen LogP contribution in [0.3, 0.4) is 0 Å².